The van der Waals surface area contributed by atoms with E-state index in [0.29, 0.717) is 12.0 Å². The topological polar surface area (TPSA) is 76.1 Å². The van der Waals surface area contributed by atoms with Crippen LogP contribution in [0.15, 0.2) is 48.5 Å². The SMILES string of the molecule is CCCCCCCCS(=O)(=O)NC(=O)c1ccc(CSCc2nc3ccccc3s2)cc1. The summed E-state index contributed by atoms with van der Waals surface area (Å²) < 4.78 is 27.7. The number of carbonyl (C=O) groups excluding carboxylic acids is 1. The van der Waals surface area contributed by atoms with Gasteiger partial charge in [-0.2, -0.15) is 0 Å². The average molecular weight is 491 g/mol. The van der Waals surface area contributed by atoms with Crippen LogP contribution in [-0.2, 0) is 21.5 Å². The Hall–Kier alpha value is -1.90. The Bertz CT molecular complexity index is 1080. The molecular formula is C24H30N2O3S3. The lowest BCUT2D eigenvalue weighted by Crippen LogP contribution is -2.32. The fourth-order valence-electron chi connectivity index (χ4n) is 3.31. The highest BCUT2D eigenvalue weighted by Crippen LogP contribution is 2.26. The van der Waals surface area contributed by atoms with Crippen molar-refractivity contribution >= 4 is 49.2 Å². The minimum Gasteiger partial charge on any atom is -0.268 e. The van der Waals surface area contributed by atoms with E-state index in [2.05, 4.69) is 22.7 Å². The first-order chi connectivity index (χ1) is 15.5. The standard InChI is InChI=1S/C24H30N2O3S3/c1-2-3-4-5-6-9-16-32(28,29)26-24(27)20-14-12-19(13-15-20)17-30-18-23-25-21-10-7-8-11-22(21)31-23/h7-8,10-15H,2-6,9,16-18H2,1H3,(H,26,27). The summed E-state index contributed by atoms with van der Waals surface area (Å²) in [6.45, 7) is 2.15. The summed E-state index contributed by atoms with van der Waals surface area (Å²) in [6, 6.07) is 15.2. The largest absolute Gasteiger partial charge is 0.268 e. The molecule has 172 valence electrons. The van der Waals surface area contributed by atoms with Gasteiger partial charge in [-0.25, -0.2) is 18.1 Å². The van der Waals surface area contributed by atoms with Crippen LogP contribution in [0, 0.1) is 0 Å². The normalized spacial score (nSPS) is 11.7. The number of unbranched alkanes of at least 4 members (excludes halogenated alkanes) is 5. The zero-order chi connectivity index (χ0) is 22.8. The van der Waals surface area contributed by atoms with Gasteiger partial charge in [-0.15, -0.1) is 23.1 Å². The Labute approximate surface area is 199 Å². The number of fused-ring (bicyclic) bond motifs is 1. The van der Waals surface area contributed by atoms with Crippen molar-refractivity contribution in [2.75, 3.05) is 5.75 Å². The van der Waals surface area contributed by atoms with E-state index in [1.54, 1.807) is 35.2 Å². The van der Waals surface area contributed by atoms with Crippen molar-refractivity contribution in [3.63, 3.8) is 0 Å². The second-order valence-electron chi connectivity index (χ2n) is 7.78. The molecular weight excluding hydrogens is 460 g/mol. The van der Waals surface area contributed by atoms with Crippen molar-refractivity contribution in [2.24, 2.45) is 0 Å². The van der Waals surface area contributed by atoms with Gasteiger partial charge in [0.1, 0.15) is 5.01 Å². The number of rotatable bonds is 13. The highest BCUT2D eigenvalue weighted by Gasteiger charge is 2.15. The van der Waals surface area contributed by atoms with Gasteiger partial charge in [-0.1, -0.05) is 63.3 Å². The van der Waals surface area contributed by atoms with Gasteiger partial charge in [0, 0.05) is 17.1 Å². The molecule has 1 N–H and O–H groups in total. The molecule has 0 bridgehead atoms. The molecule has 0 atom stereocenters. The minimum absolute atomic E-state index is 0.00858. The molecule has 0 unspecified atom stereocenters. The van der Waals surface area contributed by atoms with E-state index in [1.165, 1.54) is 11.1 Å². The zero-order valence-corrected chi connectivity index (χ0v) is 20.8. The summed E-state index contributed by atoms with van der Waals surface area (Å²) in [5, 5.41) is 1.10. The number of amides is 1. The number of para-hydroxylation sites is 1. The lowest BCUT2D eigenvalue weighted by Gasteiger charge is -2.08. The van der Waals surface area contributed by atoms with E-state index < -0.39 is 15.9 Å². The summed E-state index contributed by atoms with van der Waals surface area (Å²) in [4.78, 5) is 17.0. The molecule has 5 nitrogen and oxygen atoms in total. The van der Waals surface area contributed by atoms with Gasteiger partial charge < -0.3 is 0 Å². The number of carbonyl (C=O) groups is 1. The number of thioether (sulfide) groups is 1. The number of thiazole rings is 1. The lowest BCUT2D eigenvalue weighted by molar-refractivity contribution is 0.0981. The molecule has 0 aliphatic heterocycles. The maximum Gasteiger partial charge on any atom is 0.264 e. The molecule has 0 saturated carbocycles. The van der Waals surface area contributed by atoms with Crippen LogP contribution in [0.5, 0.6) is 0 Å². The number of hydrogen-bond donors (Lipinski definition) is 1. The van der Waals surface area contributed by atoms with Crippen molar-refractivity contribution in [1.29, 1.82) is 0 Å². The van der Waals surface area contributed by atoms with Crippen molar-refractivity contribution in [3.8, 4) is 0 Å². The van der Waals surface area contributed by atoms with Crippen LogP contribution in [-0.4, -0.2) is 25.1 Å². The quantitative estimate of drug-likeness (QED) is 0.291. The van der Waals surface area contributed by atoms with Crippen LogP contribution >= 0.6 is 23.1 Å². The summed E-state index contributed by atoms with van der Waals surface area (Å²) in [7, 11) is -3.60. The minimum atomic E-state index is -3.60. The first kappa shape index (κ1) is 24.7. The highest BCUT2D eigenvalue weighted by atomic mass is 32.2. The molecule has 1 aromatic heterocycles. The summed E-state index contributed by atoms with van der Waals surface area (Å²) in [5.74, 6) is 1.06. The van der Waals surface area contributed by atoms with E-state index >= 15 is 0 Å². The fraction of sp³-hybridized carbons (Fsp3) is 0.417. The predicted octanol–water partition coefficient (Wildman–Crippen LogP) is 6.15. The smallest absolute Gasteiger partial charge is 0.264 e. The highest BCUT2D eigenvalue weighted by molar-refractivity contribution is 7.97. The molecule has 0 radical (unpaired) electrons. The maximum atomic E-state index is 12.3. The third kappa shape index (κ3) is 7.90. The molecule has 1 heterocycles. The second kappa shape index (κ2) is 12.4. The van der Waals surface area contributed by atoms with E-state index in [4.69, 9.17) is 0 Å². The van der Waals surface area contributed by atoms with Crippen LogP contribution in [0.1, 0.15) is 66.4 Å². The van der Waals surface area contributed by atoms with Gasteiger partial charge >= 0.3 is 0 Å². The van der Waals surface area contributed by atoms with E-state index in [9.17, 15) is 13.2 Å². The van der Waals surface area contributed by atoms with Gasteiger partial charge in [0.2, 0.25) is 10.0 Å². The fourth-order valence-corrected chi connectivity index (χ4v) is 6.42. The van der Waals surface area contributed by atoms with Crippen LogP contribution in [0.25, 0.3) is 10.2 Å². The molecule has 0 aliphatic carbocycles. The van der Waals surface area contributed by atoms with Gasteiger partial charge in [0.15, 0.2) is 0 Å². The van der Waals surface area contributed by atoms with Gasteiger partial charge in [-0.05, 0) is 36.2 Å². The van der Waals surface area contributed by atoms with Crippen LogP contribution in [0.2, 0.25) is 0 Å². The third-order valence-electron chi connectivity index (χ3n) is 5.06. The average Bonchev–Trinajstić information content (AvgIpc) is 3.19. The maximum absolute atomic E-state index is 12.3. The molecule has 2 aromatic carbocycles. The summed E-state index contributed by atoms with van der Waals surface area (Å²) >= 11 is 3.48. The number of nitrogens with zero attached hydrogens (tertiary/aromatic N) is 1. The first-order valence-electron chi connectivity index (χ1n) is 11.0. The van der Waals surface area contributed by atoms with E-state index in [-0.39, 0.29) is 5.75 Å². The third-order valence-corrected chi connectivity index (χ3v) is 8.62. The number of nitrogens with one attached hydrogen (secondary N) is 1. The Balaban J connectivity index is 1.42. The molecule has 0 aliphatic rings. The monoisotopic (exact) mass is 490 g/mol. The Morgan fingerprint density at radius 2 is 1.69 bits per heavy atom. The molecule has 0 fully saturated rings. The molecule has 32 heavy (non-hydrogen) atoms. The van der Waals surface area contributed by atoms with Crippen molar-refractivity contribution in [3.05, 3.63) is 64.7 Å². The zero-order valence-electron chi connectivity index (χ0n) is 18.4. The molecule has 0 spiro atoms. The molecule has 0 saturated heterocycles. The second-order valence-corrected chi connectivity index (χ2v) is 11.7. The van der Waals surface area contributed by atoms with Gasteiger partial charge in [-0.3, -0.25) is 4.79 Å². The molecule has 3 rings (SSSR count). The molecule has 1 amide bonds. The number of benzene rings is 2. The van der Waals surface area contributed by atoms with Crippen molar-refractivity contribution in [2.45, 2.75) is 57.0 Å². The van der Waals surface area contributed by atoms with Gasteiger partial charge in [0.25, 0.3) is 5.91 Å². The molecule has 8 heteroatoms. The Morgan fingerprint density at radius 3 is 2.44 bits per heavy atom. The van der Waals surface area contributed by atoms with E-state index in [1.807, 2.05) is 30.3 Å². The first-order valence-corrected chi connectivity index (χ1v) is 14.6. The number of aromatic nitrogens is 1. The number of hydrogen-bond acceptors (Lipinski definition) is 6. The van der Waals surface area contributed by atoms with Crippen molar-refractivity contribution in [1.82, 2.24) is 9.71 Å². The van der Waals surface area contributed by atoms with Crippen LogP contribution in [0.4, 0.5) is 0 Å². The molecule has 3 aromatic rings. The summed E-state index contributed by atoms with van der Waals surface area (Å²) in [6.07, 6.45) is 5.97. The Morgan fingerprint density at radius 1 is 0.969 bits per heavy atom. The van der Waals surface area contributed by atoms with Crippen LogP contribution < -0.4 is 4.72 Å². The lowest BCUT2D eigenvalue weighted by atomic mass is 10.1. The van der Waals surface area contributed by atoms with Crippen molar-refractivity contribution < 1.29 is 13.2 Å². The Kier molecular flexibility index (Phi) is 9.56. The van der Waals surface area contributed by atoms with Crippen LogP contribution in [0.3, 0.4) is 0 Å². The number of sulfonamides is 1. The van der Waals surface area contributed by atoms with E-state index in [0.717, 1.165) is 53.3 Å². The summed E-state index contributed by atoms with van der Waals surface area (Å²) in [5.41, 5.74) is 2.48. The van der Waals surface area contributed by atoms with Gasteiger partial charge in [0.05, 0.1) is 16.0 Å². The predicted molar refractivity (Wildman–Crippen MR) is 136 cm³/mol.